The molecular formula is C18H24N4O2. The highest BCUT2D eigenvalue weighted by atomic mass is 16.3. The van der Waals surface area contributed by atoms with Gasteiger partial charge in [-0.3, -0.25) is 4.79 Å². The van der Waals surface area contributed by atoms with Crippen molar-refractivity contribution in [3.05, 3.63) is 23.9 Å². The number of carbonyl (C=O) groups is 1. The minimum Gasteiger partial charge on any atom is -0.396 e. The van der Waals surface area contributed by atoms with Crippen LogP contribution in [-0.4, -0.2) is 53.7 Å². The van der Waals surface area contributed by atoms with Crippen molar-refractivity contribution >= 4 is 11.7 Å². The van der Waals surface area contributed by atoms with E-state index in [-0.39, 0.29) is 23.8 Å². The van der Waals surface area contributed by atoms with E-state index in [2.05, 4.69) is 16.0 Å². The van der Waals surface area contributed by atoms with Gasteiger partial charge in [-0.15, -0.1) is 0 Å². The number of amides is 1. The Balaban J connectivity index is 1.75. The van der Waals surface area contributed by atoms with Crippen LogP contribution in [0.25, 0.3) is 0 Å². The lowest BCUT2D eigenvalue weighted by atomic mass is 9.64. The van der Waals surface area contributed by atoms with Crippen LogP contribution in [0.5, 0.6) is 0 Å². The number of nitriles is 1. The lowest BCUT2D eigenvalue weighted by Crippen LogP contribution is -2.54. The Labute approximate surface area is 142 Å². The van der Waals surface area contributed by atoms with Crippen LogP contribution in [0.1, 0.15) is 31.7 Å². The number of hydrogen-bond acceptors (Lipinski definition) is 5. The number of likely N-dealkylation sites (tertiary alicyclic amines) is 1. The molecule has 2 aliphatic rings. The molecule has 1 atom stereocenters. The first-order valence-corrected chi connectivity index (χ1v) is 8.56. The third kappa shape index (κ3) is 2.96. The first-order valence-electron chi connectivity index (χ1n) is 8.56. The van der Waals surface area contributed by atoms with Gasteiger partial charge in [-0.2, -0.15) is 5.26 Å². The molecule has 2 aliphatic heterocycles. The van der Waals surface area contributed by atoms with Crippen LogP contribution in [-0.2, 0) is 4.79 Å². The van der Waals surface area contributed by atoms with Crippen molar-refractivity contribution in [1.82, 2.24) is 9.88 Å². The van der Waals surface area contributed by atoms with Gasteiger partial charge >= 0.3 is 0 Å². The maximum atomic E-state index is 11.6. The zero-order chi connectivity index (χ0) is 17.2. The van der Waals surface area contributed by atoms with E-state index in [0.717, 1.165) is 44.7 Å². The molecule has 0 bridgehead atoms. The Hall–Kier alpha value is -2.13. The SMILES string of the molecule is CC(=O)N1CCC2(CC1)CCN(c1ncccc1C#N)C[C@@H]2CO. The molecule has 2 saturated heterocycles. The number of hydrogen-bond donors (Lipinski definition) is 1. The van der Waals surface area contributed by atoms with E-state index in [1.807, 2.05) is 4.90 Å². The smallest absolute Gasteiger partial charge is 0.219 e. The number of aromatic nitrogens is 1. The second-order valence-electron chi connectivity index (χ2n) is 6.93. The van der Waals surface area contributed by atoms with Gasteiger partial charge in [-0.1, -0.05) is 0 Å². The number of nitrogens with zero attached hydrogens (tertiary/aromatic N) is 4. The summed E-state index contributed by atoms with van der Waals surface area (Å²) in [6.07, 6.45) is 4.56. The second-order valence-corrected chi connectivity index (χ2v) is 6.93. The quantitative estimate of drug-likeness (QED) is 0.887. The molecule has 1 spiro atoms. The Kier molecular flexibility index (Phi) is 4.72. The molecule has 0 unspecified atom stereocenters. The fourth-order valence-corrected chi connectivity index (χ4v) is 4.22. The van der Waals surface area contributed by atoms with Gasteiger partial charge < -0.3 is 14.9 Å². The molecule has 0 radical (unpaired) electrons. The molecule has 3 rings (SSSR count). The molecule has 128 valence electrons. The Morgan fingerprint density at radius 3 is 2.75 bits per heavy atom. The zero-order valence-corrected chi connectivity index (χ0v) is 14.1. The maximum Gasteiger partial charge on any atom is 0.219 e. The third-order valence-electron chi connectivity index (χ3n) is 5.82. The third-order valence-corrected chi connectivity index (χ3v) is 5.82. The normalized spacial score (nSPS) is 23.1. The molecule has 0 aliphatic carbocycles. The highest BCUT2D eigenvalue weighted by molar-refractivity contribution is 5.73. The summed E-state index contributed by atoms with van der Waals surface area (Å²) in [5, 5.41) is 19.3. The van der Waals surface area contributed by atoms with E-state index < -0.39 is 0 Å². The predicted molar refractivity (Wildman–Crippen MR) is 90.3 cm³/mol. The lowest BCUT2D eigenvalue weighted by Gasteiger charge is -2.51. The van der Waals surface area contributed by atoms with E-state index >= 15 is 0 Å². The summed E-state index contributed by atoms with van der Waals surface area (Å²) in [5.41, 5.74) is 0.676. The fraction of sp³-hybridized carbons (Fsp3) is 0.611. The topological polar surface area (TPSA) is 80.5 Å². The molecule has 6 heteroatoms. The first kappa shape index (κ1) is 16.7. The first-order chi connectivity index (χ1) is 11.6. The van der Waals surface area contributed by atoms with Crippen molar-refractivity contribution in [2.24, 2.45) is 11.3 Å². The molecule has 1 amide bonds. The standard InChI is InChI=1S/C18H24N4O2/c1-14(24)21-8-4-18(5-9-21)6-10-22(12-16(18)13-23)17-15(11-19)3-2-7-20-17/h2-3,7,16,23H,4-6,8-10,12-13H2,1H3/t16-/m1/s1. The minimum atomic E-state index is 0.0960. The molecule has 1 N–H and O–H groups in total. The summed E-state index contributed by atoms with van der Waals surface area (Å²) < 4.78 is 0. The summed E-state index contributed by atoms with van der Waals surface area (Å²) in [6.45, 7) is 4.85. The molecule has 1 aromatic rings. The van der Waals surface area contributed by atoms with Gasteiger partial charge in [-0.05, 0) is 36.8 Å². The van der Waals surface area contributed by atoms with Gasteiger partial charge in [0.05, 0.1) is 5.56 Å². The molecule has 6 nitrogen and oxygen atoms in total. The largest absolute Gasteiger partial charge is 0.396 e. The van der Waals surface area contributed by atoms with Crippen molar-refractivity contribution in [3.63, 3.8) is 0 Å². The molecule has 24 heavy (non-hydrogen) atoms. The molecule has 0 saturated carbocycles. The Morgan fingerprint density at radius 2 is 2.12 bits per heavy atom. The van der Waals surface area contributed by atoms with E-state index in [1.165, 1.54) is 0 Å². The van der Waals surface area contributed by atoms with Gasteiger partial charge in [-0.25, -0.2) is 4.98 Å². The van der Waals surface area contributed by atoms with E-state index in [1.54, 1.807) is 25.3 Å². The Morgan fingerprint density at radius 1 is 1.42 bits per heavy atom. The molecular weight excluding hydrogens is 304 g/mol. The molecule has 1 aromatic heterocycles. The van der Waals surface area contributed by atoms with Crippen LogP contribution in [0.3, 0.4) is 0 Å². The molecule has 0 aromatic carbocycles. The van der Waals surface area contributed by atoms with Crippen LogP contribution in [0, 0.1) is 22.7 Å². The summed E-state index contributed by atoms with van der Waals surface area (Å²) in [4.78, 5) is 20.0. The highest BCUT2D eigenvalue weighted by Gasteiger charge is 2.45. The van der Waals surface area contributed by atoms with Crippen LogP contribution < -0.4 is 4.90 Å². The minimum absolute atomic E-state index is 0.0960. The van der Waals surface area contributed by atoms with Crippen LogP contribution in [0.2, 0.25) is 0 Å². The van der Waals surface area contributed by atoms with Gasteiger partial charge in [0, 0.05) is 51.8 Å². The number of aliphatic hydroxyl groups excluding tert-OH is 1. The van der Waals surface area contributed by atoms with Crippen LogP contribution in [0.15, 0.2) is 18.3 Å². The van der Waals surface area contributed by atoms with Gasteiger partial charge in [0.15, 0.2) is 0 Å². The summed E-state index contributed by atoms with van der Waals surface area (Å²) >= 11 is 0. The summed E-state index contributed by atoms with van der Waals surface area (Å²) in [5.74, 6) is 0.998. The number of rotatable bonds is 2. The van der Waals surface area contributed by atoms with Crippen LogP contribution >= 0.6 is 0 Å². The second kappa shape index (κ2) is 6.78. The average molecular weight is 328 g/mol. The molecule has 3 heterocycles. The number of carbonyl (C=O) groups excluding carboxylic acids is 1. The van der Waals surface area contributed by atoms with E-state index in [9.17, 15) is 15.2 Å². The predicted octanol–water partition coefficient (Wildman–Crippen LogP) is 1.40. The number of pyridine rings is 1. The number of aliphatic hydroxyl groups is 1. The molecule has 2 fully saturated rings. The lowest BCUT2D eigenvalue weighted by molar-refractivity contribution is -0.132. The van der Waals surface area contributed by atoms with Crippen molar-refractivity contribution in [2.75, 3.05) is 37.7 Å². The van der Waals surface area contributed by atoms with Crippen molar-refractivity contribution in [2.45, 2.75) is 26.2 Å². The Bertz CT molecular complexity index is 647. The number of anilines is 1. The average Bonchev–Trinajstić information content (AvgIpc) is 2.62. The van der Waals surface area contributed by atoms with Crippen molar-refractivity contribution in [3.8, 4) is 6.07 Å². The van der Waals surface area contributed by atoms with Crippen molar-refractivity contribution < 1.29 is 9.90 Å². The highest BCUT2D eigenvalue weighted by Crippen LogP contribution is 2.45. The van der Waals surface area contributed by atoms with E-state index in [4.69, 9.17) is 0 Å². The van der Waals surface area contributed by atoms with Gasteiger partial charge in [0.2, 0.25) is 5.91 Å². The van der Waals surface area contributed by atoms with Gasteiger partial charge in [0.25, 0.3) is 0 Å². The zero-order valence-electron chi connectivity index (χ0n) is 14.1. The monoisotopic (exact) mass is 328 g/mol. The number of piperidine rings is 2. The van der Waals surface area contributed by atoms with Gasteiger partial charge in [0.1, 0.15) is 11.9 Å². The van der Waals surface area contributed by atoms with Crippen LogP contribution in [0.4, 0.5) is 5.82 Å². The fourth-order valence-electron chi connectivity index (χ4n) is 4.22. The maximum absolute atomic E-state index is 11.6. The van der Waals surface area contributed by atoms with Crippen molar-refractivity contribution in [1.29, 1.82) is 5.26 Å². The summed E-state index contributed by atoms with van der Waals surface area (Å²) in [7, 11) is 0. The summed E-state index contributed by atoms with van der Waals surface area (Å²) in [6, 6.07) is 5.76. The van der Waals surface area contributed by atoms with E-state index in [0.29, 0.717) is 12.1 Å².